The topological polar surface area (TPSA) is 56.1 Å². The van der Waals surface area contributed by atoms with Crippen LogP contribution in [0.4, 0.5) is 5.69 Å². The molecule has 0 unspecified atom stereocenters. The first kappa shape index (κ1) is 13.8. The number of rotatable bonds is 4. The highest BCUT2D eigenvalue weighted by atomic mass is 16.1. The molecule has 1 aromatic rings. The summed E-state index contributed by atoms with van der Waals surface area (Å²) in [5.74, 6) is -0.393. The van der Waals surface area contributed by atoms with Crippen LogP contribution in [0.15, 0.2) is 36.0 Å². The van der Waals surface area contributed by atoms with Crippen LogP contribution in [-0.2, 0) is 11.2 Å². The second kappa shape index (κ2) is 6.45. The van der Waals surface area contributed by atoms with Crippen LogP contribution in [0.1, 0.15) is 12.5 Å². The zero-order valence-electron chi connectivity index (χ0n) is 10.9. The molecule has 4 nitrogen and oxygen atoms in total. The lowest BCUT2D eigenvalue weighted by molar-refractivity contribution is -0.112. The van der Waals surface area contributed by atoms with E-state index < -0.39 is 5.91 Å². The first-order chi connectivity index (χ1) is 8.56. The molecule has 0 heterocycles. The first-order valence-electron chi connectivity index (χ1n) is 5.75. The average molecular weight is 243 g/mol. The zero-order chi connectivity index (χ0) is 13.5. The SMILES string of the molecule is CCc1ccc(NC(=O)/C(C#N)=C/N(C)C)cc1. The highest BCUT2D eigenvalue weighted by molar-refractivity contribution is 6.06. The van der Waals surface area contributed by atoms with E-state index in [1.54, 1.807) is 19.0 Å². The lowest BCUT2D eigenvalue weighted by Crippen LogP contribution is -2.16. The molecule has 1 aromatic carbocycles. The van der Waals surface area contributed by atoms with Gasteiger partial charge in [0.25, 0.3) is 5.91 Å². The fourth-order valence-electron chi connectivity index (χ4n) is 1.42. The van der Waals surface area contributed by atoms with Gasteiger partial charge in [-0.1, -0.05) is 19.1 Å². The Kier molecular flexibility index (Phi) is 4.94. The predicted molar refractivity (Wildman–Crippen MR) is 71.8 cm³/mol. The quantitative estimate of drug-likeness (QED) is 0.651. The highest BCUT2D eigenvalue weighted by Gasteiger charge is 2.09. The number of hydrogen-bond acceptors (Lipinski definition) is 3. The number of amides is 1. The van der Waals surface area contributed by atoms with Crippen LogP contribution in [0.25, 0.3) is 0 Å². The molecule has 0 saturated carbocycles. The third-order valence-electron chi connectivity index (χ3n) is 2.37. The molecule has 4 heteroatoms. The molecule has 0 spiro atoms. The van der Waals surface area contributed by atoms with E-state index in [1.165, 1.54) is 11.8 Å². The van der Waals surface area contributed by atoms with Crippen LogP contribution in [0.3, 0.4) is 0 Å². The summed E-state index contributed by atoms with van der Waals surface area (Å²) in [7, 11) is 3.53. The molecule has 1 rings (SSSR count). The van der Waals surface area contributed by atoms with Crippen LogP contribution in [0, 0.1) is 11.3 Å². The van der Waals surface area contributed by atoms with Crippen molar-refractivity contribution in [1.29, 1.82) is 5.26 Å². The Bertz CT molecular complexity index is 481. The van der Waals surface area contributed by atoms with Crippen LogP contribution >= 0.6 is 0 Å². The molecule has 1 amide bonds. The van der Waals surface area contributed by atoms with Crippen molar-refractivity contribution in [2.24, 2.45) is 0 Å². The van der Waals surface area contributed by atoms with Crippen molar-refractivity contribution < 1.29 is 4.79 Å². The number of benzene rings is 1. The number of hydrogen-bond donors (Lipinski definition) is 1. The summed E-state index contributed by atoms with van der Waals surface area (Å²) in [6.45, 7) is 2.07. The summed E-state index contributed by atoms with van der Waals surface area (Å²) in [6.07, 6.45) is 2.45. The van der Waals surface area contributed by atoms with Crippen molar-refractivity contribution in [2.45, 2.75) is 13.3 Å². The van der Waals surface area contributed by atoms with Crippen LogP contribution < -0.4 is 5.32 Å². The third-order valence-corrected chi connectivity index (χ3v) is 2.37. The Balaban J connectivity index is 2.77. The predicted octanol–water partition coefficient (Wildman–Crippen LogP) is 2.16. The van der Waals surface area contributed by atoms with Gasteiger partial charge in [-0.2, -0.15) is 5.26 Å². The third kappa shape index (κ3) is 3.95. The summed E-state index contributed by atoms with van der Waals surface area (Å²) < 4.78 is 0. The Labute approximate surface area is 108 Å². The average Bonchev–Trinajstić information content (AvgIpc) is 2.36. The minimum atomic E-state index is -0.393. The molecule has 18 heavy (non-hydrogen) atoms. The molecule has 0 aliphatic carbocycles. The van der Waals surface area contributed by atoms with Gasteiger partial charge in [-0.05, 0) is 24.1 Å². The van der Waals surface area contributed by atoms with Gasteiger partial charge in [0.15, 0.2) is 0 Å². The van der Waals surface area contributed by atoms with Gasteiger partial charge in [-0.25, -0.2) is 0 Å². The summed E-state index contributed by atoms with van der Waals surface area (Å²) in [5, 5.41) is 11.6. The van der Waals surface area contributed by atoms with Crippen LogP contribution in [0.2, 0.25) is 0 Å². The molecule has 0 saturated heterocycles. The van der Waals surface area contributed by atoms with Crippen molar-refractivity contribution in [3.63, 3.8) is 0 Å². The van der Waals surface area contributed by atoms with E-state index in [4.69, 9.17) is 5.26 Å². The minimum absolute atomic E-state index is 0.0829. The van der Waals surface area contributed by atoms with Crippen molar-refractivity contribution in [3.05, 3.63) is 41.6 Å². The van der Waals surface area contributed by atoms with Crippen molar-refractivity contribution >= 4 is 11.6 Å². The van der Waals surface area contributed by atoms with Crippen molar-refractivity contribution in [3.8, 4) is 6.07 Å². The number of nitrogens with one attached hydrogen (secondary N) is 1. The fraction of sp³-hybridized carbons (Fsp3) is 0.286. The monoisotopic (exact) mass is 243 g/mol. The molecule has 94 valence electrons. The number of carbonyl (C=O) groups excluding carboxylic acids is 1. The van der Waals surface area contributed by atoms with Gasteiger partial charge in [0.05, 0.1) is 0 Å². The van der Waals surface area contributed by atoms with E-state index in [1.807, 2.05) is 30.3 Å². The van der Waals surface area contributed by atoms with Gasteiger partial charge in [-0.3, -0.25) is 4.79 Å². The van der Waals surface area contributed by atoms with E-state index in [-0.39, 0.29) is 5.57 Å². The molecule has 0 aromatic heterocycles. The van der Waals surface area contributed by atoms with Crippen LogP contribution in [0.5, 0.6) is 0 Å². The number of nitrogens with zero attached hydrogens (tertiary/aromatic N) is 2. The number of nitriles is 1. The molecule has 0 atom stereocenters. The fourth-order valence-corrected chi connectivity index (χ4v) is 1.42. The second-order valence-corrected chi connectivity index (χ2v) is 4.12. The summed E-state index contributed by atoms with van der Waals surface area (Å²) in [4.78, 5) is 13.5. The van der Waals surface area contributed by atoms with Gasteiger partial charge in [-0.15, -0.1) is 0 Å². The number of carbonyl (C=O) groups is 1. The van der Waals surface area contributed by atoms with Gasteiger partial charge in [0.2, 0.25) is 0 Å². The van der Waals surface area contributed by atoms with E-state index in [9.17, 15) is 4.79 Å². The standard InChI is InChI=1S/C14H17N3O/c1-4-11-5-7-13(8-6-11)16-14(18)12(9-15)10-17(2)3/h5-8,10H,4H2,1-3H3,(H,16,18)/b12-10+. The van der Waals surface area contributed by atoms with E-state index in [0.29, 0.717) is 5.69 Å². The Hall–Kier alpha value is -2.28. The van der Waals surface area contributed by atoms with Crippen LogP contribution in [-0.4, -0.2) is 24.9 Å². The second-order valence-electron chi connectivity index (χ2n) is 4.12. The Morgan fingerprint density at radius 1 is 1.39 bits per heavy atom. The number of aryl methyl sites for hydroxylation is 1. The molecule has 1 N–H and O–H groups in total. The highest BCUT2D eigenvalue weighted by Crippen LogP contribution is 2.11. The summed E-state index contributed by atoms with van der Waals surface area (Å²) >= 11 is 0. The molecule has 0 radical (unpaired) electrons. The molecule has 0 fully saturated rings. The summed E-state index contributed by atoms with van der Waals surface area (Å²) in [6, 6.07) is 9.46. The normalized spacial score (nSPS) is 10.7. The maximum atomic E-state index is 11.8. The number of anilines is 1. The van der Waals surface area contributed by atoms with E-state index in [0.717, 1.165) is 6.42 Å². The minimum Gasteiger partial charge on any atom is -0.382 e. The zero-order valence-corrected chi connectivity index (χ0v) is 10.9. The molecular weight excluding hydrogens is 226 g/mol. The first-order valence-corrected chi connectivity index (χ1v) is 5.75. The van der Waals surface area contributed by atoms with Gasteiger partial charge < -0.3 is 10.2 Å². The van der Waals surface area contributed by atoms with Crippen molar-refractivity contribution in [2.75, 3.05) is 19.4 Å². The Morgan fingerprint density at radius 2 is 2.00 bits per heavy atom. The largest absolute Gasteiger partial charge is 0.382 e. The van der Waals surface area contributed by atoms with Gasteiger partial charge >= 0.3 is 0 Å². The molecule has 0 aliphatic rings. The summed E-state index contributed by atoms with van der Waals surface area (Å²) in [5.41, 5.74) is 1.98. The van der Waals surface area contributed by atoms with E-state index >= 15 is 0 Å². The van der Waals surface area contributed by atoms with Gasteiger partial charge in [0, 0.05) is 26.0 Å². The van der Waals surface area contributed by atoms with Gasteiger partial charge in [0.1, 0.15) is 11.6 Å². The van der Waals surface area contributed by atoms with E-state index in [2.05, 4.69) is 12.2 Å². The molecule has 0 aliphatic heterocycles. The lowest BCUT2D eigenvalue weighted by atomic mass is 10.1. The lowest BCUT2D eigenvalue weighted by Gasteiger charge is -2.08. The molecule has 0 bridgehead atoms. The smallest absolute Gasteiger partial charge is 0.267 e. The maximum Gasteiger partial charge on any atom is 0.267 e. The maximum absolute atomic E-state index is 11.8. The Morgan fingerprint density at radius 3 is 2.44 bits per heavy atom. The molecular formula is C14H17N3O. The van der Waals surface area contributed by atoms with Crippen molar-refractivity contribution in [1.82, 2.24) is 4.90 Å².